The van der Waals surface area contributed by atoms with E-state index in [-0.39, 0.29) is 5.91 Å². The van der Waals surface area contributed by atoms with Gasteiger partial charge in [-0.1, -0.05) is 18.6 Å². The number of hydrogen-bond donors (Lipinski definition) is 2. The first-order chi connectivity index (χ1) is 9.27. The Hall–Kier alpha value is -1.68. The molecule has 104 valence electrons. The summed E-state index contributed by atoms with van der Waals surface area (Å²) in [5.74, 6) is -0.0357. The average molecular weight is 262 g/mol. The lowest BCUT2D eigenvalue weighted by Crippen LogP contribution is -2.24. The lowest BCUT2D eigenvalue weighted by Gasteiger charge is -2.06. The Bertz CT molecular complexity index is 388. The first-order valence-electron chi connectivity index (χ1n) is 6.73. The van der Waals surface area contributed by atoms with Crippen LogP contribution in [0.2, 0.25) is 0 Å². The van der Waals surface area contributed by atoms with Gasteiger partial charge >= 0.3 is 0 Å². The third-order valence-electron chi connectivity index (χ3n) is 2.88. The van der Waals surface area contributed by atoms with E-state index in [4.69, 9.17) is 0 Å². The fourth-order valence-corrected chi connectivity index (χ4v) is 1.81. The smallest absolute Gasteiger partial charge is 0.251 e. The van der Waals surface area contributed by atoms with Crippen molar-refractivity contribution in [3.63, 3.8) is 0 Å². The SMILES string of the molecule is CNCc1ccc(C(=O)NCCCCCC=O)cc1. The van der Waals surface area contributed by atoms with Crippen LogP contribution in [-0.2, 0) is 11.3 Å². The van der Waals surface area contributed by atoms with Crippen molar-refractivity contribution in [3.8, 4) is 0 Å². The van der Waals surface area contributed by atoms with Crippen LogP contribution in [0.5, 0.6) is 0 Å². The summed E-state index contributed by atoms with van der Waals surface area (Å²) < 4.78 is 0. The van der Waals surface area contributed by atoms with Gasteiger partial charge in [0.05, 0.1) is 0 Å². The summed E-state index contributed by atoms with van der Waals surface area (Å²) >= 11 is 0. The third-order valence-corrected chi connectivity index (χ3v) is 2.88. The number of hydrogen-bond acceptors (Lipinski definition) is 3. The summed E-state index contributed by atoms with van der Waals surface area (Å²) in [4.78, 5) is 22.0. The maximum Gasteiger partial charge on any atom is 0.251 e. The van der Waals surface area contributed by atoms with E-state index in [0.29, 0.717) is 18.5 Å². The van der Waals surface area contributed by atoms with Crippen molar-refractivity contribution in [3.05, 3.63) is 35.4 Å². The van der Waals surface area contributed by atoms with Crippen LogP contribution in [0.4, 0.5) is 0 Å². The van der Waals surface area contributed by atoms with Gasteiger partial charge < -0.3 is 15.4 Å². The van der Waals surface area contributed by atoms with E-state index in [9.17, 15) is 9.59 Å². The number of rotatable bonds is 9. The lowest BCUT2D eigenvalue weighted by molar-refractivity contribution is -0.107. The van der Waals surface area contributed by atoms with Gasteiger partial charge in [0.25, 0.3) is 5.91 Å². The highest BCUT2D eigenvalue weighted by Crippen LogP contribution is 2.04. The molecule has 4 heteroatoms. The molecule has 2 N–H and O–H groups in total. The van der Waals surface area contributed by atoms with E-state index in [1.54, 1.807) is 0 Å². The van der Waals surface area contributed by atoms with Gasteiger partial charge in [-0.3, -0.25) is 4.79 Å². The predicted molar refractivity (Wildman–Crippen MR) is 76.1 cm³/mol. The van der Waals surface area contributed by atoms with E-state index in [1.807, 2.05) is 31.3 Å². The summed E-state index contributed by atoms with van der Waals surface area (Å²) in [5, 5.41) is 5.95. The van der Waals surface area contributed by atoms with Gasteiger partial charge in [0.2, 0.25) is 0 Å². The van der Waals surface area contributed by atoms with E-state index >= 15 is 0 Å². The highest BCUT2D eigenvalue weighted by molar-refractivity contribution is 5.94. The van der Waals surface area contributed by atoms with Crippen molar-refractivity contribution < 1.29 is 9.59 Å². The van der Waals surface area contributed by atoms with Gasteiger partial charge in [-0.05, 0) is 37.6 Å². The summed E-state index contributed by atoms with van der Waals surface area (Å²) in [7, 11) is 1.89. The normalized spacial score (nSPS) is 10.2. The third kappa shape index (κ3) is 6.15. The average Bonchev–Trinajstić information content (AvgIpc) is 2.43. The fourth-order valence-electron chi connectivity index (χ4n) is 1.81. The highest BCUT2D eigenvalue weighted by atomic mass is 16.1. The van der Waals surface area contributed by atoms with Crippen molar-refractivity contribution in [1.82, 2.24) is 10.6 Å². The quantitative estimate of drug-likeness (QED) is 0.528. The number of nitrogens with one attached hydrogen (secondary N) is 2. The van der Waals surface area contributed by atoms with Crippen LogP contribution in [-0.4, -0.2) is 25.8 Å². The minimum absolute atomic E-state index is 0.0357. The molecule has 0 fully saturated rings. The molecule has 0 spiro atoms. The summed E-state index contributed by atoms with van der Waals surface area (Å²) in [6.07, 6.45) is 4.34. The fraction of sp³-hybridized carbons (Fsp3) is 0.467. The number of carbonyl (C=O) groups is 2. The van der Waals surface area contributed by atoms with Crippen LogP contribution in [0.3, 0.4) is 0 Å². The Morgan fingerprint density at radius 3 is 2.53 bits per heavy atom. The summed E-state index contributed by atoms with van der Waals surface area (Å²) in [6.45, 7) is 1.47. The second kappa shape index (κ2) is 9.28. The molecule has 4 nitrogen and oxygen atoms in total. The van der Waals surface area contributed by atoms with Gasteiger partial charge in [0, 0.05) is 25.1 Å². The van der Waals surface area contributed by atoms with Gasteiger partial charge in [-0.15, -0.1) is 0 Å². The highest BCUT2D eigenvalue weighted by Gasteiger charge is 2.04. The molecule has 1 amide bonds. The van der Waals surface area contributed by atoms with E-state index in [0.717, 1.165) is 37.7 Å². The first kappa shape index (κ1) is 15.4. The minimum Gasteiger partial charge on any atom is -0.352 e. The van der Waals surface area contributed by atoms with Crippen molar-refractivity contribution in [1.29, 1.82) is 0 Å². The van der Waals surface area contributed by atoms with E-state index in [2.05, 4.69) is 10.6 Å². The molecule has 1 aromatic rings. The van der Waals surface area contributed by atoms with E-state index in [1.165, 1.54) is 0 Å². The molecule has 0 saturated carbocycles. The molecule has 0 aliphatic carbocycles. The first-order valence-corrected chi connectivity index (χ1v) is 6.73. The van der Waals surface area contributed by atoms with Gasteiger partial charge in [0.1, 0.15) is 6.29 Å². The van der Waals surface area contributed by atoms with Gasteiger partial charge in [0.15, 0.2) is 0 Å². The Morgan fingerprint density at radius 2 is 1.89 bits per heavy atom. The zero-order chi connectivity index (χ0) is 13.9. The Balaban J connectivity index is 2.27. The number of carbonyl (C=O) groups excluding carboxylic acids is 2. The molecule has 1 rings (SSSR count). The molecule has 0 aliphatic heterocycles. The van der Waals surface area contributed by atoms with Crippen LogP contribution in [0.15, 0.2) is 24.3 Å². The monoisotopic (exact) mass is 262 g/mol. The second-order valence-corrected chi connectivity index (χ2v) is 4.50. The molecule has 0 aliphatic rings. The molecular weight excluding hydrogens is 240 g/mol. The lowest BCUT2D eigenvalue weighted by atomic mass is 10.1. The predicted octanol–water partition coefficient (Wildman–Crippen LogP) is 1.90. The molecule has 0 aromatic heterocycles. The van der Waals surface area contributed by atoms with Crippen molar-refractivity contribution >= 4 is 12.2 Å². The molecule has 19 heavy (non-hydrogen) atoms. The van der Waals surface area contributed by atoms with Gasteiger partial charge in [-0.2, -0.15) is 0 Å². The Labute approximate surface area is 114 Å². The molecular formula is C15H22N2O2. The Kier molecular flexibility index (Phi) is 7.51. The largest absolute Gasteiger partial charge is 0.352 e. The van der Waals surface area contributed by atoms with Crippen LogP contribution in [0.25, 0.3) is 0 Å². The molecule has 0 unspecified atom stereocenters. The number of unbranched alkanes of at least 4 members (excludes halogenated alkanes) is 3. The maximum absolute atomic E-state index is 11.8. The number of aldehydes is 1. The van der Waals surface area contributed by atoms with Crippen molar-refractivity contribution in [2.75, 3.05) is 13.6 Å². The van der Waals surface area contributed by atoms with Crippen LogP contribution in [0.1, 0.15) is 41.6 Å². The molecule has 0 heterocycles. The zero-order valence-electron chi connectivity index (χ0n) is 11.4. The summed E-state index contributed by atoms with van der Waals surface area (Å²) in [5.41, 5.74) is 1.85. The van der Waals surface area contributed by atoms with Gasteiger partial charge in [-0.25, -0.2) is 0 Å². The molecule has 1 aromatic carbocycles. The molecule has 0 saturated heterocycles. The standard InChI is InChI=1S/C15H22N2O2/c1-16-12-13-6-8-14(9-7-13)15(19)17-10-4-2-3-5-11-18/h6-9,11,16H,2-5,10,12H2,1H3,(H,17,19). The van der Waals surface area contributed by atoms with E-state index < -0.39 is 0 Å². The van der Waals surface area contributed by atoms with Crippen molar-refractivity contribution in [2.24, 2.45) is 0 Å². The van der Waals surface area contributed by atoms with Crippen LogP contribution >= 0.6 is 0 Å². The van der Waals surface area contributed by atoms with Crippen LogP contribution in [0, 0.1) is 0 Å². The molecule has 0 bridgehead atoms. The minimum atomic E-state index is -0.0357. The maximum atomic E-state index is 11.8. The summed E-state index contributed by atoms with van der Waals surface area (Å²) in [6, 6.07) is 7.59. The number of amides is 1. The second-order valence-electron chi connectivity index (χ2n) is 4.50. The number of benzene rings is 1. The topological polar surface area (TPSA) is 58.2 Å². The Morgan fingerprint density at radius 1 is 1.16 bits per heavy atom. The molecule has 0 atom stereocenters. The zero-order valence-corrected chi connectivity index (χ0v) is 11.4. The van der Waals surface area contributed by atoms with Crippen molar-refractivity contribution in [2.45, 2.75) is 32.2 Å². The molecule has 0 radical (unpaired) electrons. The van der Waals surface area contributed by atoms with Crippen LogP contribution < -0.4 is 10.6 Å².